The minimum atomic E-state index is -0.737. The van der Waals surface area contributed by atoms with E-state index in [0.717, 1.165) is 11.1 Å². The molecule has 27 heavy (non-hydrogen) atoms. The molecule has 0 fully saturated rings. The van der Waals surface area contributed by atoms with E-state index in [1.54, 1.807) is 0 Å². The van der Waals surface area contributed by atoms with Crippen molar-refractivity contribution in [1.29, 1.82) is 0 Å². The molecule has 1 atom stereocenters. The lowest BCUT2D eigenvalue weighted by molar-refractivity contribution is -0.137. The monoisotopic (exact) mass is 372 g/mol. The van der Waals surface area contributed by atoms with Crippen LogP contribution in [0.2, 0.25) is 0 Å². The highest BCUT2D eigenvalue weighted by Gasteiger charge is 2.23. The number of aliphatic hydroxyl groups excluding tert-OH is 1. The van der Waals surface area contributed by atoms with Gasteiger partial charge in [0.15, 0.2) is 0 Å². The van der Waals surface area contributed by atoms with E-state index in [2.05, 4.69) is 24.3 Å². The predicted molar refractivity (Wildman–Crippen MR) is 110 cm³/mol. The van der Waals surface area contributed by atoms with Gasteiger partial charge in [0.25, 0.3) is 0 Å². The van der Waals surface area contributed by atoms with Crippen molar-refractivity contribution in [3.63, 3.8) is 0 Å². The Labute approximate surface area is 162 Å². The summed E-state index contributed by atoms with van der Waals surface area (Å²) in [4.78, 5) is 13.7. The highest BCUT2D eigenvalue weighted by atomic mass is 16.4. The van der Waals surface area contributed by atoms with Gasteiger partial charge in [0, 0.05) is 19.0 Å². The number of hydrogen-bond donors (Lipinski definition) is 2. The fourth-order valence-electron chi connectivity index (χ4n) is 2.76. The molecule has 0 amide bonds. The average Bonchev–Trinajstić information content (AvgIpc) is 2.62. The first kappa shape index (κ1) is 22.8. The molecule has 0 saturated carbocycles. The largest absolute Gasteiger partial charge is 0.481 e. The molecule has 0 aliphatic rings. The van der Waals surface area contributed by atoms with Crippen molar-refractivity contribution in [2.75, 3.05) is 41.3 Å². The summed E-state index contributed by atoms with van der Waals surface area (Å²) in [5.41, 5.74) is 2.31. The number of aliphatic carboxylic acids is 1. The topological polar surface area (TPSA) is 64.0 Å². The number of nitrogens with zero attached hydrogens (tertiary/aromatic N) is 2. The van der Waals surface area contributed by atoms with Crippen LogP contribution in [0.25, 0.3) is 0 Å². The Balaban J connectivity index is 0.000000387. The molecule has 0 aliphatic carbocycles. The van der Waals surface area contributed by atoms with Crippen molar-refractivity contribution in [3.8, 4) is 0 Å². The second-order valence-corrected chi connectivity index (χ2v) is 7.08. The Morgan fingerprint density at radius 3 is 1.59 bits per heavy atom. The van der Waals surface area contributed by atoms with E-state index in [-0.39, 0.29) is 12.3 Å². The third kappa shape index (κ3) is 9.33. The maximum Gasteiger partial charge on any atom is 0.304 e. The Morgan fingerprint density at radius 2 is 1.30 bits per heavy atom. The molecular formula is C22H32N2O3. The maximum absolute atomic E-state index is 10.5. The van der Waals surface area contributed by atoms with Crippen LogP contribution in [0, 0.1) is 0 Å². The van der Waals surface area contributed by atoms with Gasteiger partial charge < -0.3 is 20.0 Å². The number of carbonyl (C=O) groups is 1. The van der Waals surface area contributed by atoms with Crippen molar-refractivity contribution in [2.45, 2.75) is 18.4 Å². The van der Waals surface area contributed by atoms with E-state index in [1.165, 1.54) is 0 Å². The summed E-state index contributed by atoms with van der Waals surface area (Å²) in [5.74, 6) is -0.719. The zero-order valence-corrected chi connectivity index (χ0v) is 16.7. The van der Waals surface area contributed by atoms with Crippen LogP contribution < -0.4 is 0 Å². The molecule has 0 heterocycles. The van der Waals surface area contributed by atoms with E-state index in [9.17, 15) is 9.90 Å². The molecule has 0 aliphatic heterocycles. The van der Waals surface area contributed by atoms with Gasteiger partial charge in [0.05, 0.1) is 12.5 Å². The molecule has 1 unspecified atom stereocenters. The van der Waals surface area contributed by atoms with Crippen molar-refractivity contribution in [3.05, 3.63) is 71.8 Å². The van der Waals surface area contributed by atoms with E-state index in [0.29, 0.717) is 13.1 Å². The molecule has 2 aromatic carbocycles. The van der Waals surface area contributed by atoms with Gasteiger partial charge in [0.1, 0.15) is 0 Å². The zero-order chi connectivity index (χ0) is 20.2. The van der Waals surface area contributed by atoms with Gasteiger partial charge in [0.2, 0.25) is 0 Å². The van der Waals surface area contributed by atoms with Crippen molar-refractivity contribution < 1.29 is 15.0 Å². The number of aliphatic hydroxyl groups is 1. The van der Waals surface area contributed by atoms with Gasteiger partial charge in [-0.2, -0.15) is 0 Å². The van der Waals surface area contributed by atoms with Crippen LogP contribution in [0.5, 0.6) is 0 Å². The molecule has 0 bridgehead atoms. The van der Waals surface area contributed by atoms with Crippen LogP contribution in [0.15, 0.2) is 60.7 Å². The minimum Gasteiger partial charge on any atom is -0.481 e. The zero-order valence-electron chi connectivity index (χ0n) is 16.7. The Hall–Kier alpha value is -2.21. The molecular weight excluding hydrogens is 340 g/mol. The standard InChI is InChI=1S/C17H21NO.C5H11NO2/c1-18(2)13-16(19)17(14-9-5-3-6-10-14)15-11-7-4-8-12-15;1-6(2)4-3-5(7)8/h3-12,16-17,19H,13H2,1-2H3;3-4H2,1-2H3,(H,7,8). The van der Waals surface area contributed by atoms with Gasteiger partial charge in [-0.15, -0.1) is 0 Å². The van der Waals surface area contributed by atoms with E-state index in [4.69, 9.17) is 5.11 Å². The molecule has 2 rings (SSSR count). The summed E-state index contributed by atoms with van der Waals surface area (Å²) in [6, 6.07) is 20.4. The molecule has 0 radical (unpaired) electrons. The van der Waals surface area contributed by atoms with E-state index in [1.807, 2.05) is 74.4 Å². The van der Waals surface area contributed by atoms with Crippen LogP contribution >= 0.6 is 0 Å². The summed E-state index contributed by atoms with van der Waals surface area (Å²) in [6.45, 7) is 1.27. The summed E-state index contributed by atoms with van der Waals surface area (Å²) < 4.78 is 0. The maximum atomic E-state index is 10.5. The molecule has 5 nitrogen and oxygen atoms in total. The fourth-order valence-corrected chi connectivity index (χ4v) is 2.76. The summed E-state index contributed by atoms with van der Waals surface area (Å²) >= 11 is 0. The lowest BCUT2D eigenvalue weighted by atomic mass is 9.86. The van der Waals surface area contributed by atoms with Gasteiger partial charge in [-0.05, 0) is 39.3 Å². The van der Waals surface area contributed by atoms with Crippen LogP contribution in [0.3, 0.4) is 0 Å². The Bertz CT molecular complexity index is 606. The SMILES string of the molecule is CN(C)CC(O)C(c1ccccc1)c1ccccc1.CN(C)CCC(=O)O. The lowest BCUT2D eigenvalue weighted by Gasteiger charge is -2.26. The first-order valence-corrected chi connectivity index (χ1v) is 9.10. The lowest BCUT2D eigenvalue weighted by Crippen LogP contribution is -2.31. The Kier molecular flexibility index (Phi) is 10.3. The number of carboxylic acids is 1. The Morgan fingerprint density at radius 1 is 0.852 bits per heavy atom. The third-order valence-electron chi connectivity index (χ3n) is 4.03. The predicted octanol–water partition coefficient (Wildman–Crippen LogP) is 2.76. The second-order valence-electron chi connectivity index (χ2n) is 7.08. The number of benzene rings is 2. The molecule has 5 heteroatoms. The normalized spacial score (nSPS) is 12.0. The van der Waals surface area contributed by atoms with Crippen LogP contribution in [0.4, 0.5) is 0 Å². The molecule has 0 spiro atoms. The average molecular weight is 373 g/mol. The van der Waals surface area contributed by atoms with Gasteiger partial charge in [-0.3, -0.25) is 4.79 Å². The molecule has 2 aromatic rings. The van der Waals surface area contributed by atoms with Crippen LogP contribution in [-0.4, -0.2) is 73.4 Å². The molecule has 2 N–H and O–H groups in total. The smallest absolute Gasteiger partial charge is 0.304 e. The van der Waals surface area contributed by atoms with E-state index >= 15 is 0 Å². The van der Waals surface area contributed by atoms with Crippen molar-refractivity contribution >= 4 is 5.97 Å². The van der Waals surface area contributed by atoms with Crippen LogP contribution in [-0.2, 0) is 4.79 Å². The van der Waals surface area contributed by atoms with Crippen molar-refractivity contribution in [1.82, 2.24) is 9.80 Å². The summed E-state index contributed by atoms with van der Waals surface area (Å²) in [5, 5.41) is 18.7. The number of rotatable bonds is 8. The molecule has 0 aromatic heterocycles. The van der Waals surface area contributed by atoms with E-state index < -0.39 is 12.1 Å². The van der Waals surface area contributed by atoms with Gasteiger partial charge in [-0.1, -0.05) is 60.7 Å². The highest BCUT2D eigenvalue weighted by molar-refractivity contribution is 5.66. The molecule has 0 saturated heterocycles. The third-order valence-corrected chi connectivity index (χ3v) is 4.03. The second kappa shape index (κ2) is 12.2. The number of carboxylic acid groups (broad SMARTS) is 1. The van der Waals surface area contributed by atoms with Gasteiger partial charge in [-0.25, -0.2) is 0 Å². The quantitative estimate of drug-likeness (QED) is 0.746. The fraction of sp³-hybridized carbons (Fsp3) is 0.409. The minimum absolute atomic E-state index is 0.0183. The summed E-state index contributed by atoms with van der Waals surface area (Å²) in [7, 11) is 7.67. The highest BCUT2D eigenvalue weighted by Crippen LogP contribution is 2.28. The molecule has 148 valence electrons. The number of hydrogen-bond acceptors (Lipinski definition) is 4. The van der Waals surface area contributed by atoms with Crippen molar-refractivity contribution in [2.24, 2.45) is 0 Å². The van der Waals surface area contributed by atoms with Crippen LogP contribution in [0.1, 0.15) is 23.5 Å². The first-order valence-electron chi connectivity index (χ1n) is 9.10. The van der Waals surface area contributed by atoms with Gasteiger partial charge >= 0.3 is 5.97 Å². The first-order chi connectivity index (χ1) is 12.8. The summed E-state index contributed by atoms with van der Waals surface area (Å²) in [6.07, 6.45) is -0.188. The number of likely N-dealkylation sites (N-methyl/N-ethyl adjacent to an activating group) is 1.